The Labute approximate surface area is 199 Å². The van der Waals surface area contributed by atoms with Gasteiger partial charge in [0.1, 0.15) is 0 Å². The summed E-state index contributed by atoms with van der Waals surface area (Å²) >= 11 is 0. The Hall–Kier alpha value is -1.35. The van der Waals surface area contributed by atoms with E-state index < -0.39 is 0 Å². The molecule has 0 atom stereocenters. The quantitative estimate of drug-likeness (QED) is 0.247. The molecule has 2 rings (SSSR count). The number of likely N-dealkylation sites (tertiary alicyclic amines) is 1. The Morgan fingerprint density at radius 1 is 1.23 bits per heavy atom. The third-order valence-corrected chi connectivity index (χ3v) is 5.48. The van der Waals surface area contributed by atoms with Gasteiger partial charge < -0.3 is 16.4 Å². The molecule has 1 aromatic carbocycles. The zero-order chi connectivity index (χ0) is 21.1. The number of benzene rings is 1. The summed E-state index contributed by atoms with van der Waals surface area (Å²) in [6.07, 6.45) is 5.44. The summed E-state index contributed by atoms with van der Waals surface area (Å²) in [5.74, 6) is 0.651. The van der Waals surface area contributed by atoms with Crippen LogP contribution in [-0.4, -0.2) is 55.5 Å². The van der Waals surface area contributed by atoms with Crippen molar-refractivity contribution in [2.24, 2.45) is 16.1 Å². The van der Waals surface area contributed by atoms with Crippen LogP contribution in [0.1, 0.15) is 52.0 Å². The van der Waals surface area contributed by atoms with E-state index in [1.807, 2.05) is 0 Å². The number of halogens is 1. The summed E-state index contributed by atoms with van der Waals surface area (Å²) in [6, 6.07) is 11.1. The van der Waals surface area contributed by atoms with Crippen molar-refractivity contribution < 1.29 is 4.79 Å². The van der Waals surface area contributed by atoms with Crippen LogP contribution in [0.5, 0.6) is 0 Å². The molecule has 4 N–H and O–H groups in total. The van der Waals surface area contributed by atoms with Crippen molar-refractivity contribution in [3.63, 3.8) is 0 Å². The predicted molar refractivity (Wildman–Crippen MR) is 136 cm³/mol. The summed E-state index contributed by atoms with van der Waals surface area (Å²) in [4.78, 5) is 18.1. The molecule has 1 heterocycles. The molecule has 0 aromatic heterocycles. The fourth-order valence-corrected chi connectivity index (χ4v) is 3.76. The lowest BCUT2D eigenvalue weighted by atomic mass is 9.86. The zero-order valence-corrected chi connectivity index (χ0v) is 21.2. The van der Waals surface area contributed by atoms with E-state index in [4.69, 9.17) is 10.7 Å². The molecule has 1 aliphatic heterocycles. The number of primary amides is 1. The summed E-state index contributed by atoms with van der Waals surface area (Å²) in [5, 5.41) is 6.96. The number of aliphatic imine (C=N–C) groups is 1. The second-order valence-electron chi connectivity index (χ2n) is 8.86. The SMILES string of the molecule is CCNC(=NCC(C)(C)CCCc1ccccc1)NC1CCN(CC(N)=O)CC1.I. The third kappa shape index (κ3) is 10.6. The number of carbonyl (C=O) groups excluding carboxylic acids is 1. The number of hydrogen-bond acceptors (Lipinski definition) is 3. The maximum atomic E-state index is 11.1. The molecule has 0 radical (unpaired) electrons. The predicted octanol–water partition coefficient (Wildman–Crippen LogP) is 3.16. The van der Waals surface area contributed by atoms with E-state index in [-0.39, 0.29) is 35.3 Å². The molecule has 1 fully saturated rings. The van der Waals surface area contributed by atoms with E-state index in [1.165, 1.54) is 12.0 Å². The molecule has 0 aliphatic carbocycles. The van der Waals surface area contributed by atoms with Gasteiger partial charge in [0.05, 0.1) is 6.54 Å². The first-order valence-corrected chi connectivity index (χ1v) is 11.0. The lowest BCUT2D eigenvalue weighted by molar-refractivity contribution is -0.119. The fraction of sp³-hybridized carbons (Fsp3) is 0.652. The number of nitrogens with zero attached hydrogens (tertiary/aromatic N) is 2. The minimum absolute atomic E-state index is 0. The van der Waals surface area contributed by atoms with Gasteiger partial charge in [0.15, 0.2) is 5.96 Å². The number of guanidine groups is 1. The normalized spacial score (nSPS) is 16.0. The highest BCUT2D eigenvalue weighted by Gasteiger charge is 2.22. The minimum Gasteiger partial charge on any atom is -0.369 e. The van der Waals surface area contributed by atoms with Crippen molar-refractivity contribution >= 4 is 35.8 Å². The largest absolute Gasteiger partial charge is 0.369 e. The Morgan fingerprint density at radius 2 is 1.90 bits per heavy atom. The number of nitrogens with one attached hydrogen (secondary N) is 2. The van der Waals surface area contributed by atoms with Crippen LogP contribution in [0, 0.1) is 5.41 Å². The molecule has 1 saturated heterocycles. The van der Waals surface area contributed by atoms with Crippen LogP contribution in [0.2, 0.25) is 0 Å². The Bertz CT molecular complexity index is 642. The molecule has 0 unspecified atom stereocenters. The molecule has 6 nitrogen and oxygen atoms in total. The molecule has 170 valence electrons. The van der Waals surface area contributed by atoms with Gasteiger partial charge in [-0.05, 0) is 50.0 Å². The van der Waals surface area contributed by atoms with E-state index in [1.54, 1.807) is 0 Å². The van der Waals surface area contributed by atoms with E-state index in [0.717, 1.165) is 57.8 Å². The average Bonchev–Trinajstić information content (AvgIpc) is 2.68. The molecule has 1 amide bonds. The van der Waals surface area contributed by atoms with Crippen molar-refractivity contribution in [2.75, 3.05) is 32.7 Å². The van der Waals surface area contributed by atoms with Gasteiger partial charge in [-0.25, -0.2) is 0 Å². The number of carbonyl (C=O) groups is 1. The first-order valence-electron chi connectivity index (χ1n) is 11.0. The summed E-state index contributed by atoms with van der Waals surface area (Å²) < 4.78 is 0. The Morgan fingerprint density at radius 3 is 2.50 bits per heavy atom. The lowest BCUT2D eigenvalue weighted by Crippen LogP contribution is -2.50. The standard InChI is InChI=1S/C23H39N5O.HI/c1-4-25-22(27-20-12-15-28(16-13-20)17-21(24)29)26-18-23(2,3)14-8-11-19-9-6-5-7-10-19;/h5-7,9-10,20H,4,8,11-18H2,1-3H3,(H2,24,29)(H2,25,26,27);1H. The molecule has 0 saturated carbocycles. The van der Waals surface area contributed by atoms with Gasteiger partial charge in [0, 0.05) is 32.2 Å². The Balaban J connectivity index is 0.00000450. The number of hydrogen-bond donors (Lipinski definition) is 3. The summed E-state index contributed by atoms with van der Waals surface area (Å²) in [7, 11) is 0. The topological polar surface area (TPSA) is 82.8 Å². The molecule has 0 spiro atoms. The summed E-state index contributed by atoms with van der Waals surface area (Å²) in [6.45, 7) is 10.5. The van der Waals surface area contributed by atoms with Gasteiger partial charge in [-0.15, -0.1) is 24.0 Å². The van der Waals surface area contributed by atoms with Gasteiger partial charge in [-0.3, -0.25) is 14.7 Å². The first kappa shape index (κ1) is 26.7. The van der Waals surface area contributed by atoms with Crippen molar-refractivity contribution in [1.82, 2.24) is 15.5 Å². The number of nitrogens with two attached hydrogens (primary N) is 1. The molecule has 7 heteroatoms. The average molecular weight is 530 g/mol. The van der Waals surface area contributed by atoms with Crippen LogP contribution >= 0.6 is 24.0 Å². The van der Waals surface area contributed by atoms with Crippen LogP contribution in [0.3, 0.4) is 0 Å². The second-order valence-corrected chi connectivity index (χ2v) is 8.86. The first-order chi connectivity index (χ1) is 13.9. The van der Waals surface area contributed by atoms with Crippen LogP contribution < -0.4 is 16.4 Å². The van der Waals surface area contributed by atoms with Gasteiger partial charge in [0.2, 0.25) is 5.91 Å². The van der Waals surface area contributed by atoms with Crippen LogP contribution in [0.4, 0.5) is 0 Å². The lowest BCUT2D eigenvalue weighted by Gasteiger charge is -2.32. The smallest absolute Gasteiger partial charge is 0.231 e. The van der Waals surface area contributed by atoms with Crippen LogP contribution in [-0.2, 0) is 11.2 Å². The highest BCUT2D eigenvalue weighted by atomic mass is 127. The Kier molecular flexibility index (Phi) is 12.3. The van der Waals surface area contributed by atoms with Crippen molar-refractivity contribution in [3.05, 3.63) is 35.9 Å². The number of piperidine rings is 1. The molecule has 1 aromatic rings. The van der Waals surface area contributed by atoms with E-state index in [9.17, 15) is 4.79 Å². The maximum absolute atomic E-state index is 11.1. The van der Waals surface area contributed by atoms with E-state index in [0.29, 0.717) is 12.6 Å². The highest BCUT2D eigenvalue weighted by molar-refractivity contribution is 14.0. The van der Waals surface area contributed by atoms with Crippen molar-refractivity contribution in [1.29, 1.82) is 0 Å². The summed E-state index contributed by atoms with van der Waals surface area (Å²) in [5.41, 5.74) is 6.88. The monoisotopic (exact) mass is 529 g/mol. The molecule has 0 bridgehead atoms. The molecule has 30 heavy (non-hydrogen) atoms. The zero-order valence-electron chi connectivity index (χ0n) is 18.8. The van der Waals surface area contributed by atoms with Gasteiger partial charge in [0.25, 0.3) is 0 Å². The van der Waals surface area contributed by atoms with E-state index in [2.05, 4.69) is 66.6 Å². The van der Waals surface area contributed by atoms with Crippen LogP contribution in [0.25, 0.3) is 0 Å². The molecular weight excluding hydrogens is 489 g/mol. The molecule has 1 aliphatic rings. The second kappa shape index (κ2) is 13.9. The number of amides is 1. The van der Waals surface area contributed by atoms with Gasteiger partial charge in [-0.2, -0.15) is 0 Å². The van der Waals surface area contributed by atoms with Gasteiger partial charge >= 0.3 is 0 Å². The van der Waals surface area contributed by atoms with Crippen LogP contribution in [0.15, 0.2) is 35.3 Å². The van der Waals surface area contributed by atoms with Crippen molar-refractivity contribution in [3.8, 4) is 0 Å². The minimum atomic E-state index is -0.249. The molecular formula is C23H40IN5O. The van der Waals surface area contributed by atoms with E-state index >= 15 is 0 Å². The van der Waals surface area contributed by atoms with Crippen molar-refractivity contribution in [2.45, 2.75) is 58.9 Å². The number of aryl methyl sites for hydroxylation is 1. The van der Waals surface area contributed by atoms with Gasteiger partial charge in [-0.1, -0.05) is 44.2 Å². The fourth-order valence-electron chi connectivity index (χ4n) is 3.76. The number of rotatable bonds is 10. The third-order valence-electron chi connectivity index (χ3n) is 5.48. The highest BCUT2D eigenvalue weighted by Crippen LogP contribution is 2.24. The maximum Gasteiger partial charge on any atom is 0.231 e.